The van der Waals surface area contributed by atoms with Crippen molar-refractivity contribution in [2.24, 2.45) is 16.7 Å². The van der Waals surface area contributed by atoms with Crippen LogP contribution in [-0.4, -0.2) is 23.7 Å². The second kappa shape index (κ2) is 5.64. The average molecular weight is 307 g/mol. The van der Waals surface area contributed by atoms with Crippen LogP contribution in [-0.2, 0) is 14.9 Å². The zero-order chi connectivity index (χ0) is 16.6. The van der Waals surface area contributed by atoms with Crippen LogP contribution in [0, 0.1) is 16.7 Å². The van der Waals surface area contributed by atoms with E-state index in [4.69, 9.17) is 4.55 Å². The largest absolute Gasteiger partial charge is 0.335 e. The first-order valence-electron chi connectivity index (χ1n) is 6.80. The van der Waals surface area contributed by atoms with Crippen molar-refractivity contribution in [2.75, 3.05) is 0 Å². The lowest BCUT2D eigenvalue weighted by Crippen LogP contribution is -2.54. The maximum absolute atomic E-state index is 12.4. The Balaban J connectivity index is 5.10. The van der Waals surface area contributed by atoms with Crippen LogP contribution in [0.4, 0.5) is 0 Å². The Kier molecular flexibility index (Phi) is 5.46. The molecule has 20 heavy (non-hydrogen) atoms. The topological polar surface area (TPSA) is 83.5 Å². The van der Waals surface area contributed by atoms with Crippen molar-refractivity contribution < 1.29 is 17.8 Å². The Labute approximate surface area is 123 Å². The Hall–Kier alpha value is -0.620. The Morgan fingerprint density at radius 2 is 1.50 bits per heavy atom. The van der Waals surface area contributed by atoms with E-state index in [0.29, 0.717) is 0 Å². The fraction of sp³-hybridized carbons (Fsp3) is 0.929. The Bertz CT molecular complexity index is 458. The maximum atomic E-state index is 12.4. The molecule has 0 heterocycles. The molecule has 0 aromatic carbocycles. The highest BCUT2D eigenvalue weighted by Crippen LogP contribution is 2.36. The zero-order valence-electron chi connectivity index (χ0n) is 13.9. The highest BCUT2D eigenvalue weighted by molar-refractivity contribution is 7.87. The van der Waals surface area contributed by atoms with Crippen LogP contribution in [0.15, 0.2) is 0 Å². The Morgan fingerprint density at radius 3 is 1.80 bits per heavy atom. The first-order valence-corrected chi connectivity index (χ1v) is 8.24. The molecule has 0 saturated heterocycles. The quantitative estimate of drug-likeness (QED) is 0.765. The van der Waals surface area contributed by atoms with Crippen molar-refractivity contribution in [3.63, 3.8) is 0 Å². The summed E-state index contributed by atoms with van der Waals surface area (Å²) < 4.78 is 31.7. The lowest BCUT2D eigenvalue weighted by Gasteiger charge is -2.36. The van der Waals surface area contributed by atoms with Crippen LogP contribution in [0.25, 0.3) is 0 Å². The second-order valence-electron chi connectivity index (χ2n) is 7.83. The summed E-state index contributed by atoms with van der Waals surface area (Å²) in [6, 6.07) is 0. The summed E-state index contributed by atoms with van der Waals surface area (Å²) in [6.45, 7) is 14.4. The molecular formula is C14H29NO4S. The minimum absolute atomic E-state index is 0.0692. The van der Waals surface area contributed by atoms with Gasteiger partial charge in [-0.2, -0.15) is 8.42 Å². The van der Waals surface area contributed by atoms with Crippen LogP contribution in [0.1, 0.15) is 61.8 Å². The van der Waals surface area contributed by atoms with Crippen LogP contribution >= 0.6 is 0 Å². The summed E-state index contributed by atoms with van der Waals surface area (Å²) in [7, 11) is -4.35. The third kappa shape index (κ3) is 5.05. The van der Waals surface area contributed by atoms with E-state index in [2.05, 4.69) is 26.1 Å². The number of hydrogen-bond donors (Lipinski definition) is 2. The van der Waals surface area contributed by atoms with Gasteiger partial charge < -0.3 is 5.32 Å². The molecule has 1 unspecified atom stereocenters. The van der Waals surface area contributed by atoms with Crippen LogP contribution < -0.4 is 5.32 Å². The monoisotopic (exact) mass is 307 g/mol. The second-order valence-corrected chi connectivity index (χ2v) is 9.80. The molecule has 6 heteroatoms. The molecule has 0 aliphatic carbocycles. The van der Waals surface area contributed by atoms with Crippen molar-refractivity contribution in [2.45, 2.75) is 66.7 Å². The van der Waals surface area contributed by atoms with Gasteiger partial charge in [-0.3, -0.25) is 9.35 Å². The number of amides is 1. The number of carbonyl (C=O) groups is 1. The van der Waals surface area contributed by atoms with Crippen LogP contribution in [0.5, 0.6) is 0 Å². The summed E-state index contributed by atoms with van der Waals surface area (Å²) >= 11 is 0. The normalized spacial score (nSPS) is 15.8. The first kappa shape index (κ1) is 19.4. The molecule has 2 N–H and O–H groups in total. The molecule has 0 aliphatic rings. The molecule has 5 nitrogen and oxygen atoms in total. The number of carbonyl (C=O) groups excluding carboxylic acids is 1. The summed E-state index contributed by atoms with van der Waals surface area (Å²) in [5.74, 6) is -0.309. The maximum Gasteiger partial charge on any atom is 0.288 e. The highest BCUT2D eigenvalue weighted by Gasteiger charge is 2.41. The van der Waals surface area contributed by atoms with Gasteiger partial charge in [-0.15, -0.1) is 0 Å². The average Bonchev–Trinajstić information content (AvgIpc) is 2.11. The van der Waals surface area contributed by atoms with Crippen LogP contribution in [0.2, 0.25) is 0 Å². The molecule has 0 fully saturated rings. The van der Waals surface area contributed by atoms with Crippen molar-refractivity contribution in [3.8, 4) is 0 Å². The highest BCUT2D eigenvalue weighted by atomic mass is 32.2. The molecule has 0 radical (unpaired) electrons. The van der Waals surface area contributed by atoms with Crippen LogP contribution in [0.3, 0.4) is 0 Å². The fourth-order valence-corrected chi connectivity index (χ4v) is 2.12. The molecule has 0 saturated carbocycles. The van der Waals surface area contributed by atoms with Gasteiger partial charge in [0.05, 0.1) is 0 Å². The molecule has 0 spiro atoms. The van der Waals surface area contributed by atoms with E-state index in [1.165, 1.54) is 13.8 Å². The summed E-state index contributed by atoms with van der Waals surface area (Å²) in [4.78, 5) is 10.7. The van der Waals surface area contributed by atoms with Crippen molar-refractivity contribution in [1.29, 1.82) is 0 Å². The zero-order valence-corrected chi connectivity index (χ0v) is 14.7. The predicted molar refractivity (Wildman–Crippen MR) is 80.8 cm³/mol. The molecule has 0 rings (SSSR count). The van der Waals surface area contributed by atoms with E-state index < -0.39 is 20.4 Å². The van der Waals surface area contributed by atoms with E-state index >= 15 is 0 Å². The van der Waals surface area contributed by atoms with Crippen molar-refractivity contribution in [3.05, 3.63) is 0 Å². The molecular weight excluding hydrogens is 278 g/mol. The third-order valence-electron chi connectivity index (χ3n) is 3.80. The molecule has 1 amide bonds. The third-order valence-corrected chi connectivity index (χ3v) is 5.19. The van der Waals surface area contributed by atoms with Gasteiger partial charge in [0.25, 0.3) is 10.1 Å². The fourth-order valence-electron chi connectivity index (χ4n) is 1.90. The predicted octanol–water partition coefficient (Wildman–Crippen LogP) is 2.83. The Morgan fingerprint density at radius 1 is 1.10 bits per heavy atom. The van der Waals surface area contributed by atoms with E-state index in [9.17, 15) is 13.2 Å². The van der Waals surface area contributed by atoms with Gasteiger partial charge in [-0.25, -0.2) is 0 Å². The number of hydrogen-bond acceptors (Lipinski definition) is 3. The van der Waals surface area contributed by atoms with Gasteiger partial charge in [-0.1, -0.05) is 41.5 Å². The summed E-state index contributed by atoms with van der Waals surface area (Å²) in [6.07, 6.45) is 0.833. The van der Waals surface area contributed by atoms with Gasteiger partial charge in [0.15, 0.2) is 4.87 Å². The minimum atomic E-state index is -4.35. The summed E-state index contributed by atoms with van der Waals surface area (Å²) in [5.41, 5.74) is -0.648. The lowest BCUT2D eigenvalue weighted by atomic mass is 9.71. The minimum Gasteiger partial charge on any atom is -0.335 e. The van der Waals surface area contributed by atoms with E-state index in [1.807, 2.05) is 6.92 Å². The number of rotatable bonds is 5. The molecule has 0 aliphatic heterocycles. The van der Waals surface area contributed by atoms with Gasteiger partial charge in [0.1, 0.15) is 0 Å². The molecule has 0 bridgehead atoms. The molecule has 1 atom stereocenters. The SMILES string of the molecule is CC(CC(C)(C)C)C(C)(C)C(=O)NC(C)(C)S(=O)(=O)O. The van der Waals surface area contributed by atoms with Gasteiger partial charge in [-0.05, 0) is 31.6 Å². The smallest absolute Gasteiger partial charge is 0.288 e. The van der Waals surface area contributed by atoms with Gasteiger partial charge in [0.2, 0.25) is 5.91 Å². The molecule has 120 valence electrons. The molecule has 0 aromatic heterocycles. The first-order chi connectivity index (χ1) is 8.51. The van der Waals surface area contributed by atoms with E-state index in [0.717, 1.165) is 6.42 Å². The summed E-state index contributed by atoms with van der Waals surface area (Å²) in [5, 5.41) is 2.43. The van der Waals surface area contributed by atoms with E-state index in [1.54, 1.807) is 13.8 Å². The van der Waals surface area contributed by atoms with Crippen molar-refractivity contribution >= 4 is 16.0 Å². The lowest BCUT2D eigenvalue weighted by molar-refractivity contribution is -0.133. The number of nitrogens with one attached hydrogen (secondary N) is 1. The van der Waals surface area contributed by atoms with Gasteiger partial charge >= 0.3 is 0 Å². The standard InChI is InChI=1S/C14H29NO4S/c1-10(9-12(2,3)4)13(5,6)11(16)15-14(7,8)20(17,18)19/h10H,9H2,1-8H3,(H,15,16)(H,17,18,19). The van der Waals surface area contributed by atoms with Crippen molar-refractivity contribution in [1.82, 2.24) is 5.32 Å². The molecule has 0 aromatic rings. The van der Waals surface area contributed by atoms with E-state index in [-0.39, 0.29) is 17.2 Å². The van der Waals surface area contributed by atoms with Gasteiger partial charge in [0, 0.05) is 5.41 Å².